The largest absolute Gasteiger partial charge is 0.449 e. The molecule has 0 saturated carbocycles. The molecule has 0 spiro atoms. The van der Waals surface area contributed by atoms with Gasteiger partial charge in [-0.15, -0.1) is 15.3 Å². The first-order valence-corrected chi connectivity index (χ1v) is 7.90. The lowest BCUT2D eigenvalue weighted by Gasteiger charge is -2.09. The summed E-state index contributed by atoms with van der Waals surface area (Å²) >= 11 is 0. The summed E-state index contributed by atoms with van der Waals surface area (Å²) in [5.41, 5.74) is 6.21. The fourth-order valence-electron chi connectivity index (χ4n) is 2.47. The van der Waals surface area contributed by atoms with Gasteiger partial charge in [0.25, 0.3) is 5.95 Å². The molecule has 0 saturated heterocycles. The van der Waals surface area contributed by atoms with Crippen LogP contribution in [0, 0.1) is 0 Å². The molecule has 3 aromatic rings. The maximum atomic E-state index is 5.21. The number of hydrogen-bond acceptors (Lipinski definition) is 6. The van der Waals surface area contributed by atoms with E-state index in [9.17, 15) is 0 Å². The van der Waals surface area contributed by atoms with Gasteiger partial charge in [-0.1, -0.05) is 60.7 Å². The van der Waals surface area contributed by atoms with E-state index < -0.39 is 0 Å². The van der Waals surface area contributed by atoms with E-state index in [4.69, 9.17) is 4.74 Å². The molecule has 0 radical (unpaired) electrons. The van der Waals surface area contributed by atoms with Gasteiger partial charge >= 0.3 is 0 Å². The normalized spacial score (nSPS) is 14.5. The van der Waals surface area contributed by atoms with E-state index in [0.717, 1.165) is 22.5 Å². The van der Waals surface area contributed by atoms with Gasteiger partial charge < -0.3 is 4.74 Å². The average molecular weight is 329 g/mol. The third kappa shape index (κ3) is 3.37. The Bertz CT molecular complexity index is 913. The fourth-order valence-corrected chi connectivity index (χ4v) is 2.47. The number of hydrogen-bond donors (Lipinski definition) is 1. The highest BCUT2D eigenvalue weighted by Gasteiger charge is 2.13. The molecular formula is C19H15N5O. The van der Waals surface area contributed by atoms with Crippen molar-refractivity contribution >= 4 is 11.8 Å². The first-order chi connectivity index (χ1) is 12.4. The van der Waals surface area contributed by atoms with Crippen molar-refractivity contribution in [2.75, 3.05) is 5.43 Å². The summed E-state index contributed by atoms with van der Waals surface area (Å²) in [4.78, 5) is 4.61. The zero-order valence-corrected chi connectivity index (χ0v) is 13.3. The molecule has 6 heteroatoms. The van der Waals surface area contributed by atoms with Gasteiger partial charge in [0.2, 0.25) is 5.90 Å². The number of aromatic nitrogens is 3. The second-order valence-corrected chi connectivity index (χ2v) is 5.38. The molecule has 0 fully saturated rings. The van der Waals surface area contributed by atoms with Gasteiger partial charge in [0.05, 0.1) is 6.26 Å². The van der Waals surface area contributed by atoms with Crippen LogP contribution in [0.5, 0.6) is 0 Å². The summed E-state index contributed by atoms with van der Waals surface area (Å²) in [6.45, 7) is 0. The molecule has 4 rings (SSSR count). The van der Waals surface area contributed by atoms with Crippen LogP contribution in [0.15, 0.2) is 78.1 Å². The highest BCUT2D eigenvalue weighted by molar-refractivity contribution is 5.81. The number of nitrogens with one attached hydrogen (secondary N) is 1. The minimum Gasteiger partial charge on any atom is -0.449 e. The number of ether oxygens (including phenoxy) is 1. The van der Waals surface area contributed by atoms with Crippen molar-refractivity contribution in [1.82, 2.24) is 15.2 Å². The lowest BCUT2D eigenvalue weighted by atomic mass is 10.0. The Morgan fingerprint density at radius 3 is 2.16 bits per heavy atom. The van der Waals surface area contributed by atoms with E-state index in [1.165, 1.54) is 0 Å². The Morgan fingerprint density at radius 2 is 1.52 bits per heavy atom. The van der Waals surface area contributed by atoms with Gasteiger partial charge in [-0.3, -0.25) is 0 Å². The zero-order valence-electron chi connectivity index (χ0n) is 13.3. The molecule has 122 valence electrons. The average Bonchev–Trinajstić information content (AvgIpc) is 3.21. The predicted molar refractivity (Wildman–Crippen MR) is 96.6 cm³/mol. The van der Waals surface area contributed by atoms with Crippen molar-refractivity contribution in [1.29, 1.82) is 0 Å². The van der Waals surface area contributed by atoms with Crippen LogP contribution < -0.4 is 5.43 Å². The predicted octanol–water partition coefficient (Wildman–Crippen LogP) is 3.87. The third-order valence-electron chi connectivity index (χ3n) is 3.65. The molecule has 1 aromatic heterocycles. The van der Waals surface area contributed by atoms with Crippen molar-refractivity contribution in [3.8, 4) is 22.5 Å². The molecule has 1 N–H and O–H groups in total. The topological polar surface area (TPSA) is 72.3 Å². The molecule has 1 aliphatic rings. The summed E-state index contributed by atoms with van der Waals surface area (Å²) in [7, 11) is 0. The van der Waals surface area contributed by atoms with Gasteiger partial charge in [-0.05, 0) is 6.08 Å². The van der Waals surface area contributed by atoms with E-state index >= 15 is 0 Å². The smallest absolute Gasteiger partial charge is 0.263 e. The highest BCUT2D eigenvalue weighted by atomic mass is 16.5. The monoisotopic (exact) mass is 329 g/mol. The minimum absolute atomic E-state index is 0.321. The van der Waals surface area contributed by atoms with Gasteiger partial charge in [0.1, 0.15) is 11.4 Å². The van der Waals surface area contributed by atoms with Gasteiger partial charge in [0, 0.05) is 17.5 Å². The molecule has 0 atom stereocenters. The summed E-state index contributed by atoms with van der Waals surface area (Å²) in [5, 5.41) is 12.7. The maximum Gasteiger partial charge on any atom is 0.263 e. The van der Waals surface area contributed by atoms with E-state index in [-0.39, 0.29) is 0 Å². The first-order valence-electron chi connectivity index (χ1n) is 7.90. The summed E-state index contributed by atoms with van der Waals surface area (Å²) in [6, 6.07) is 19.8. The van der Waals surface area contributed by atoms with Crippen molar-refractivity contribution in [3.05, 3.63) is 73.0 Å². The molecule has 6 nitrogen and oxygen atoms in total. The van der Waals surface area contributed by atoms with Gasteiger partial charge in [-0.2, -0.15) is 0 Å². The van der Waals surface area contributed by atoms with Crippen LogP contribution in [0.1, 0.15) is 6.42 Å². The number of hydrazone groups is 1. The first kappa shape index (κ1) is 15.0. The zero-order chi connectivity index (χ0) is 16.9. The Morgan fingerprint density at radius 1 is 0.840 bits per heavy atom. The summed E-state index contributed by atoms with van der Waals surface area (Å²) < 4.78 is 5.21. The third-order valence-corrected chi connectivity index (χ3v) is 3.65. The lowest BCUT2D eigenvalue weighted by Crippen LogP contribution is -2.05. The molecule has 1 aliphatic heterocycles. The van der Waals surface area contributed by atoms with Crippen LogP contribution in [0.4, 0.5) is 5.95 Å². The maximum absolute atomic E-state index is 5.21. The lowest BCUT2D eigenvalue weighted by molar-refractivity contribution is 0.481. The number of nitrogens with zero attached hydrogens (tertiary/aromatic N) is 4. The molecule has 2 heterocycles. The Hall–Kier alpha value is -3.54. The number of rotatable bonds is 4. The second-order valence-electron chi connectivity index (χ2n) is 5.38. The quantitative estimate of drug-likeness (QED) is 0.736. The van der Waals surface area contributed by atoms with Crippen LogP contribution in [-0.2, 0) is 4.74 Å². The van der Waals surface area contributed by atoms with Crippen LogP contribution in [0.2, 0.25) is 0 Å². The van der Waals surface area contributed by atoms with E-state index in [1.807, 2.05) is 66.7 Å². The van der Waals surface area contributed by atoms with Gasteiger partial charge in [0.15, 0.2) is 0 Å². The Kier molecular flexibility index (Phi) is 4.16. The number of benzene rings is 2. The van der Waals surface area contributed by atoms with Crippen molar-refractivity contribution in [2.24, 2.45) is 5.10 Å². The fraction of sp³-hybridized carbons (Fsp3) is 0.0526. The second kappa shape index (κ2) is 6.92. The van der Waals surface area contributed by atoms with Crippen molar-refractivity contribution < 1.29 is 4.74 Å². The molecule has 0 aliphatic carbocycles. The molecule has 25 heavy (non-hydrogen) atoms. The van der Waals surface area contributed by atoms with Crippen LogP contribution in [0.3, 0.4) is 0 Å². The molecular weight excluding hydrogens is 314 g/mol. The minimum atomic E-state index is 0.321. The SMILES string of the molecule is C1=COC(=NNc2nnc(-c3ccccc3)c(-c3ccccc3)n2)C1. The Labute approximate surface area is 144 Å². The summed E-state index contributed by atoms with van der Waals surface area (Å²) in [6.07, 6.45) is 4.13. The molecule has 0 bridgehead atoms. The molecule has 0 amide bonds. The van der Waals surface area contributed by atoms with Crippen molar-refractivity contribution in [3.63, 3.8) is 0 Å². The summed E-state index contributed by atoms with van der Waals surface area (Å²) in [5.74, 6) is 0.888. The number of anilines is 1. The van der Waals surface area contributed by atoms with E-state index in [0.29, 0.717) is 18.3 Å². The molecule has 2 aromatic carbocycles. The molecule has 0 unspecified atom stereocenters. The van der Waals surface area contributed by atoms with Crippen LogP contribution in [-0.4, -0.2) is 21.1 Å². The van der Waals surface area contributed by atoms with Crippen LogP contribution >= 0.6 is 0 Å². The van der Waals surface area contributed by atoms with Crippen LogP contribution in [0.25, 0.3) is 22.5 Å². The standard InChI is InChI=1S/C19H15N5O/c1-3-8-14(9-4-1)17-18(15-10-5-2-6-11-15)22-24-19(20-17)23-21-16-12-7-13-25-16/h1-11,13H,12H2,(H,20,23,24). The highest BCUT2D eigenvalue weighted by Crippen LogP contribution is 2.28. The van der Waals surface area contributed by atoms with E-state index in [2.05, 4.69) is 25.7 Å². The van der Waals surface area contributed by atoms with Crippen molar-refractivity contribution in [2.45, 2.75) is 6.42 Å². The van der Waals surface area contributed by atoms with E-state index in [1.54, 1.807) is 6.26 Å². The van der Waals surface area contributed by atoms with Gasteiger partial charge in [-0.25, -0.2) is 10.4 Å². The Balaban J connectivity index is 1.73.